The maximum Gasteiger partial charge on any atom is 0.144 e. The van der Waals surface area contributed by atoms with Crippen LogP contribution in [0.15, 0.2) is 23.2 Å². The lowest BCUT2D eigenvalue weighted by molar-refractivity contribution is 0.579. The lowest BCUT2D eigenvalue weighted by Crippen LogP contribution is -2.34. The molecule has 0 aromatic heterocycles. The van der Waals surface area contributed by atoms with E-state index in [-0.39, 0.29) is 10.6 Å². The van der Waals surface area contributed by atoms with Gasteiger partial charge in [-0.05, 0) is 32.9 Å². The van der Waals surface area contributed by atoms with Crippen LogP contribution in [0.5, 0.6) is 0 Å². The third kappa shape index (κ3) is 3.18. The Kier molecular flexibility index (Phi) is 3.88. The van der Waals surface area contributed by atoms with E-state index in [1.807, 2.05) is 20.8 Å². The smallest absolute Gasteiger partial charge is 0.144 e. The zero-order valence-corrected chi connectivity index (χ0v) is 10.3. The van der Waals surface area contributed by atoms with Crippen LogP contribution in [0, 0.1) is 5.82 Å². The highest BCUT2D eigenvalue weighted by Crippen LogP contribution is 2.21. The van der Waals surface area contributed by atoms with E-state index in [0.29, 0.717) is 11.4 Å². The van der Waals surface area contributed by atoms with E-state index >= 15 is 0 Å². The molecule has 0 atom stereocenters. The Morgan fingerprint density at radius 2 is 2.06 bits per heavy atom. The fraction of sp³-hybridized carbons (Fsp3) is 0.364. The molecule has 0 saturated heterocycles. The summed E-state index contributed by atoms with van der Waals surface area (Å²) in [4.78, 5) is 4.33. The zero-order valence-electron chi connectivity index (χ0n) is 9.51. The number of rotatable bonds is 1. The van der Waals surface area contributed by atoms with Crippen LogP contribution in [-0.2, 0) is 0 Å². The standard InChI is InChI=1S/C11H15ClFN3/c1-11(2,3)15-10(16-14)7-5-4-6-8(13)9(7)12/h4-6H,14H2,1-3H3,(H,15,16). The van der Waals surface area contributed by atoms with Gasteiger partial charge in [-0.25, -0.2) is 10.2 Å². The normalized spacial score (nSPS) is 12.8. The van der Waals surface area contributed by atoms with Crippen LogP contribution in [0.4, 0.5) is 4.39 Å². The summed E-state index contributed by atoms with van der Waals surface area (Å²) in [6.07, 6.45) is 0. The minimum absolute atomic E-state index is 0.0171. The topological polar surface area (TPSA) is 50.4 Å². The molecule has 0 bridgehead atoms. The van der Waals surface area contributed by atoms with Crippen molar-refractivity contribution in [3.05, 3.63) is 34.6 Å². The van der Waals surface area contributed by atoms with Gasteiger partial charge in [0.15, 0.2) is 0 Å². The number of nitrogens with one attached hydrogen (secondary N) is 1. The van der Waals surface area contributed by atoms with E-state index in [1.165, 1.54) is 6.07 Å². The fourth-order valence-corrected chi connectivity index (χ4v) is 1.41. The number of nitrogens with zero attached hydrogens (tertiary/aromatic N) is 1. The van der Waals surface area contributed by atoms with Gasteiger partial charge in [0.25, 0.3) is 0 Å². The van der Waals surface area contributed by atoms with E-state index in [9.17, 15) is 4.39 Å². The van der Waals surface area contributed by atoms with Crippen molar-refractivity contribution in [3.63, 3.8) is 0 Å². The molecule has 88 valence electrons. The summed E-state index contributed by atoms with van der Waals surface area (Å²) in [7, 11) is 0. The van der Waals surface area contributed by atoms with E-state index < -0.39 is 5.82 Å². The molecular formula is C11H15ClFN3. The van der Waals surface area contributed by atoms with Gasteiger partial charge in [-0.1, -0.05) is 17.7 Å². The molecule has 0 aliphatic carbocycles. The Balaban J connectivity index is 3.25. The largest absolute Gasteiger partial charge is 0.308 e. The SMILES string of the molecule is CC(C)(C)N=C(NN)c1cccc(F)c1Cl. The second-order valence-electron chi connectivity index (χ2n) is 4.38. The molecule has 0 heterocycles. The number of amidine groups is 1. The molecule has 3 N–H and O–H groups in total. The molecule has 0 radical (unpaired) electrons. The Morgan fingerprint density at radius 3 is 2.56 bits per heavy atom. The van der Waals surface area contributed by atoms with Crippen molar-refractivity contribution in [1.82, 2.24) is 5.43 Å². The van der Waals surface area contributed by atoms with Crippen molar-refractivity contribution in [2.24, 2.45) is 10.8 Å². The summed E-state index contributed by atoms with van der Waals surface area (Å²) in [6, 6.07) is 4.51. The van der Waals surface area contributed by atoms with Gasteiger partial charge in [-0.3, -0.25) is 4.99 Å². The number of hydrogen-bond donors (Lipinski definition) is 2. The summed E-state index contributed by atoms with van der Waals surface area (Å²) < 4.78 is 13.3. The Hall–Kier alpha value is -1.13. The predicted molar refractivity (Wildman–Crippen MR) is 65.0 cm³/mol. The van der Waals surface area contributed by atoms with Gasteiger partial charge in [0.05, 0.1) is 10.6 Å². The Labute approximate surface area is 99.5 Å². The Morgan fingerprint density at radius 1 is 1.44 bits per heavy atom. The molecule has 1 aromatic carbocycles. The third-order valence-corrected chi connectivity index (χ3v) is 2.17. The summed E-state index contributed by atoms with van der Waals surface area (Å²) in [5.41, 5.74) is 2.58. The highest BCUT2D eigenvalue weighted by molar-refractivity contribution is 6.34. The molecule has 0 saturated carbocycles. The molecule has 0 spiro atoms. The van der Waals surface area contributed by atoms with Gasteiger partial charge in [0.1, 0.15) is 11.7 Å². The van der Waals surface area contributed by atoms with Crippen LogP contribution >= 0.6 is 11.6 Å². The fourth-order valence-electron chi connectivity index (χ4n) is 1.19. The molecule has 1 aromatic rings. The maximum atomic E-state index is 13.3. The van der Waals surface area contributed by atoms with Gasteiger partial charge >= 0.3 is 0 Å². The zero-order chi connectivity index (χ0) is 12.3. The maximum absolute atomic E-state index is 13.3. The molecule has 0 aliphatic rings. The van der Waals surface area contributed by atoms with Gasteiger partial charge in [0, 0.05) is 5.56 Å². The minimum atomic E-state index is -0.490. The average Bonchev–Trinajstić information content (AvgIpc) is 2.18. The molecule has 1 rings (SSSR count). The molecule has 16 heavy (non-hydrogen) atoms. The molecule has 3 nitrogen and oxygen atoms in total. The van der Waals surface area contributed by atoms with Crippen molar-refractivity contribution in [3.8, 4) is 0 Å². The average molecular weight is 244 g/mol. The molecule has 5 heteroatoms. The van der Waals surface area contributed by atoms with Gasteiger partial charge in [-0.15, -0.1) is 0 Å². The number of nitrogens with two attached hydrogens (primary N) is 1. The summed E-state index contributed by atoms with van der Waals surface area (Å²) in [6.45, 7) is 5.74. The van der Waals surface area contributed by atoms with Crippen molar-refractivity contribution < 1.29 is 4.39 Å². The number of benzene rings is 1. The molecule has 0 unspecified atom stereocenters. The van der Waals surface area contributed by atoms with Crippen LogP contribution < -0.4 is 11.3 Å². The first-order valence-corrected chi connectivity index (χ1v) is 5.24. The van der Waals surface area contributed by atoms with Gasteiger partial charge in [-0.2, -0.15) is 0 Å². The summed E-state index contributed by atoms with van der Waals surface area (Å²) in [5.74, 6) is 5.25. The van der Waals surface area contributed by atoms with E-state index in [4.69, 9.17) is 17.4 Å². The number of hydrogen-bond acceptors (Lipinski definition) is 2. The number of hydrazine groups is 1. The minimum Gasteiger partial charge on any atom is -0.308 e. The quantitative estimate of drug-likeness (QED) is 0.345. The molecule has 0 aliphatic heterocycles. The van der Waals surface area contributed by atoms with E-state index in [0.717, 1.165) is 0 Å². The van der Waals surface area contributed by atoms with E-state index in [1.54, 1.807) is 12.1 Å². The van der Waals surface area contributed by atoms with Crippen molar-refractivity contribution >= 4 is 17.4 Å². The second-order valence-corrected chi connectivity index (χ2v) is 4.75. The van der Waals surface area contributed by atoms with Gasteiger partial charge < -0.3 is 5.43 Å². The van der Waals surface area contributed by atoms with E-state index in [2.05, 4.69) is 10.4 Å². The Bertz CT molecular complexity index is 410. The van der Waals surface area contributed by atoms with Crippen molar-refractivity contribution in [2.75, 3.05) is 0 Å². The highest BCUT2D eigenvalue weighted by Gasteiger charge is 2.14. The van der Waals surface area contributed by atoms with Crippen LogP contribution in [0.2, 0.25) is 5.02 Å². The molecule has 0 fully saturated rings. The van der Waals surface area contributed by atoms with Crippen LogP contribution in [-0.4, -0.2) is 11.4 Å². The highest BCUT2D eigenvalue weighted by atomic mass is 35.5. The first-order chi connectivity index (χ1) is 7.35. The molecular weight excluding hydrogens is 229 g/mol. The van der Waals surface area contributed by atoms with Crippen molar-refractivity contribution in [2.45, 2.75) is 26.3 Å². The van der Waals surface area contributed by atoms with Crippen LogP contribution in [0.25, 0.3) is 0 Å². The lowest BCUT2D eigenvalue weighted by Gasteiger charge is -2.16. The van der Waals surface area contributed by atoms with Crippen LogP contribution in [0.1, 0.15) is 26.3 Å². The van der Waals surface area contributed by atoms with Crippen molar-refractivity contribution in [1.29, 1.82) is 0 Å². The molecule has 0 amide bonds. The monoisotopic (exact) mass is 243 g/mol. The third-order valence-electron chi connectivity index (χ3n) is 1.79. The number of halogens is 2. The number of aliphatic imine (C=N–C) groups is 1. The predicted octanol–water partition coefficient (Wildman–Crippen LogP) is 2.49. The first-order valence-electron chi connectivity index (χ1n) is 4.86. The summed E-state index contributed by atoms with van der Waals surface area (Å²) >= 11 is 5.84. The first kappa shape index (κ1) is 12.9. The van der Waals surface area contributed by atoms with Gasteiger partial charge in [0.2, 0.25) is 0 Å². The lowest BCUT2D eigenvalue weighted by atomic mass is 10.1. The van der Waals surface area contributed by atoms with Crippen LogP contribution in [0.3, 0.4) is 0 Å². The second kappa shape index (κ2) is 4.80. The summed E-state index contributed by atoms with van der Waals surface area (Å²) in [5, 5.41) is 0.0171.